The number of esters is 2. The molecule has 0 amide bonds. The number of anilines is 1. The summed E-state index contributed by atoms with van der Waals surface area (Å²) >= 11 is 0. The number of piperidine rings is 1. The van der Waals surface area contributed by atoms with Crippen molar-refractivity contribution in [2.45, 2.75) is 38.5 Å². The summed E-state index contributed by atoms with van der Waals surface area (Å²) in [6, 6.07) is 24.7. The molecule has 3 aromatic carbocycles. The second kappa shape index (κ2) is 11.7. The Kier molecular flexibility index (Phi) is 8.16. The number of hydrogen-bond acceptors (Lipinski definition) is 6. The van der Waals surface area contributed by atoms with Crippen LogP contribution in [0.4, 0.5) is 5.69 Å². The van der Waals surface area contributed by atoms with Crippen molar-refractivity contribution in [1.29, 1.82) is 0 Å². The maximum Gasteiger partial charge on any atom is 0.340 e. The topological polar surface area (TPSA) is 65.1 Å². The molecule has 0 N–H and O–H groups in total. The lowest BCUT2D eigenvalue weighted by Gasteiger charge is -2.41. The summed E-state index contributed by atoms with van der Waals surface area (Å²) < 4.78 is 16.5. The molecule has 2 atom stereocenters. The quantitative estimate of drug-likeness (QED) is 0.398. The van der Waals surface area contributed by atoms with Crippen molar-refractivity contribution in [2.75, 3.05) is 25.2 Å². The van der Waals surface area contributed by atoms with Gasteiger partial charge in [-0.15, -0.1) is 0 Å². The minimum Gasteiger partial charge on any atom is -0.465 e. The van der Waals surface area contributed by atoms with Crippen molar-refractivity contribution in [1.82, 2.24) is 0 Å². The summed E-state index contributed by atoms with van der Waals surface area (Å²) in [7, 11) is 1.37. The molecule has 4 rings (SSSR count). The Balaban J connectivity index is 1.61. The van der Waals surface area contributed by atoms with E-state index in [0.29, 0.717) is 17.7 Å². The first-order chi connectivity index (χ1) is 17.1. The molecule has 1 fully saturated rings. The van der Waals surface area contributed by atoms with Gasteiger partial charge in [-0.2, -0.15) is 0 Å². The Morgan fingerprint density at radius 1 is 0.914 bits per heavy atom. The molecule has 0 aromatic heterocycles. The maximum atomic E-state index is 13.1. The molecule has 6 heteroatoms. The monoisotopic (exact) mass is 473 g/mol. The van der Waals surface area contributed by atoms with Gasteiger partial charge in [-0.3, -0.25) is 0 Å². The first-order valence-corrected chi connectivity index (χ1v) is 12.0. The van der Waals surface area contributed by atoms with E-state index in [9.17, 15) is 9.59 Å². The molecule has 0 bridgehead atoms. The Bertz CT molecular complexity index is 1130. The molecule has 0 radical (unpaired) electrons. The Hall–Kier alpha value is -3.64. The van der Waals surface area contributed by atoms with Crippen LogP contribution in [0.1, 0.15) is 57.7 Å². The number of methoxy groups -OCH3 is 1. The summed E-state index contributed by atoms with van der Waals surface area (Å²) in [4.78, 5) is 27.3. The molecule has 0 saturated carbocycles. The van der Waals surface area contributed by atoms with Gasteiger partial charge in [-0.1, -0.05) is 54.6 Å². The molecule has 0 aliphatic carbocycles. The molecule has 6 nitrogen and oxygen atoms in total. The van der Waals surface area contributed by atoms with Gasteiger partial charge in [0.1, 0.15) is 6.61 Å². The van der Waals surface area contributed by atoms with Gasteiger partial charge in [0.15, 0.2) is 0 Å². The highest BCUT2D eigenvalue weighted by Crippen LogP contribution is 2.38. The summed E-state index contributed by atoms with van der Waals surface area (Å²) in [5, 5.41) is 0. The molecule has 1 aliphatic rings. The zero-order valence-corrected chi connectivity index (χ0v) is 20.2. The second-order valence-corrected chi connectivity index (χ2v) is 8.50. The number of hydrogen-bond donors (Lipinski definition) is 0. The normalized spacial score (nSPS) is 17.6. The number of nitrogens with zero attached hydrogens (tertiary/aromatic N) is 1. The largest absolute Gasteiger partial charge is 0.465 e. The van der Waals surface area contributed by atoms with Crippen LogP contribution in [0.5, 0.6) is 0 Å². The number of rotatable bonds is 8. The molecule has 1 heterocycles. The molecule has 1 saturated heterocycles. The number of benzene rings is 3. The average Bonchev–Trinajstić information content (AvgIpc) is 2.92. The van der Waals surface area contributed by atoms with Gasteiger partial charge in [0, 0.05) is 13.2 Å². The van der Waals surface area contributed by atoms with Crippen molar-refractivity contribution in [2.24, 2.45) is 0 Å². The van der Waals surface area contributed by atoms with E-state index in [1.807, 2.05) is 73.7 Å². The fourth-order valence-corrected chi connectivity index (χ4v) is 4.58. The van der Waals surface area contributed by atoms with Gasteiger partial charge in [-0.25, -0.2) is 9.59 Å². The van der Waals surface area contributed by atoms with Gasteiger partial charge in [0.05, 0.1) is 36.1 Å². The van der Waals surface area contributed by atoms with E-state index in [1.165, 1.54) is 7.11 Å². The van der Waals surface area contributed by atoms with Gasteiger partial charge < -0.3 is 19.1 Å². The zero-order valence-electron chi connectivity index (χ0n) is 20.2. The lowest BCUT2D eigenvalue weighted by atomic mass is 9.91. The lowest BCUT2D eigenvalue weighted by Crippen LogP contribution is -2.40. The van der Waals surface area contributed by atoms with Crippen molar-refractivity contribution in [3.05, 3.63) is 101 Å². The SMILES string of the molecule is CCO[C@H]1CCN(c2ccccc2C(=O)OCc2ccccc2)[C@H](c2ccc(C(=O)OC)cc2)C1. The van der Waals surface area contributed by atoms with Crippen LogP contribution in [-0.4, -0.2) is 38.3 Å². The second-order valence-electron chi connectivity index (χ2n) is 8.50. The molecule has 1 aliphatic heterocycles. The van der Waals surface area contributed by atoms with E-state index in [-0.39, 0.29) is 30.7 Å². The van der Waals surface area contributed by atoms with Crippen LogP contribution in [-0.2, 0) is 20.8 Å². The van der Waals surface area contributed by atoms with Crippen LogP contribution >= 0.6 is 0 Å². The third-order valence-corrected chi connectivity index (χ3v) is 6.32. The van der Waals surface area contributed by atoms with Crippen molar-refractivity contribution in [3.8, 4) is 0 Å². The van der Waals surface area contributed by atoms with E-state index in [0.717, 1.165) is 36.2 Å². The van der Waals surface area contributed by atoms with Crippen LogP contribution in [0.25, 0.3) is 0 Å². The molecular weight excluding hydrogens is 442 g/mol. The highest BCUT2D eigenvalue weighted by molar-refractivity contribution is 5.96. The predicted octanol–water partition coefficient (Wildman–Crippen LogP) is 5.58. The first-order valence-electron chi connectivity index (χ1n) is 12.0. The van der Waals surface area contributed by atoms with Crippen molar-refractivity contribution < 1.29 is 23.8 Å². The van der Waals surface area contributed by atoms with Crippen molar-refractivity contribution >= 4 is 17.6 Å². The van der Waals surface area contributed by atoms with E-state index in [2.05, 4.69) is 4.90 Å². The maximum absolute atomic E-state index is 13.1. The average molecular weight is 474 g/mol. The van der Waals surface area contributed by atoms with E-state index < -0.39 is 0 Å². The third kappa shape index (κ3) is 5.89. The number of carbonyl (C=O) groups is 2. The van der Waals surface area contributed by atoms with E-state index in [1.54, 1.807) is 12.1 Å². The third-order valence-electron chi connectivity index (χ3n) is 6.32. The van der Waals surface area contributed by atoms with E-state index >= 15 is 0 Å². The lowest BCUT2D eigenvalue weighted by molar-refractivity contribution is 0.0359. The standard InChI is InChI=1S/C29H31NO5/c1-3-34-24-17-18-30(27(19-24)22-13-15-23(16-14-22)28(31)33-2)26-12-8-7-11-25(26)29(32)35-20-21-9-5-4-6-10-21/h4-16,24,27H,3,17-20H2,1-2H3/t24-,27-/m0/s1. The van der Waals surface area contributed by atoms with Crippen LogP contribution in [0.3, 0.4) is 0 Å². The predicted molar refractivity (Wildman–Crippen MR) is 135 cm³/mol. The highest BCUT2D eigenvalue weighted by Gasteiger charge is 2.32. The molecule has 35 heavy (non-hydrogen) atoms. The first kappa shape index (κ1) is 24.5. The number of ether oxygens (including phenoxy) is 3. The van der Waals surface area contributed by atoms with E-state index in [4.69, 9.17) is 14.2 Å². The number of para-hydroxylation sites is 1. The fourth-order valence-electron chi connectivity index (χ4n) is 4.58. The molecular formula is C29H31NO5. The van der Waals surface area contributed by atoms with Crippen molar-refractivity contribution in [3.63, 3.8) is 0 Å². The highest BCUT2D eigenvalue weighted by atomic mass is 16.5. The molecule has 0 unspecified atom stereocenters. The zero-order chi connectivity index (χ0) is 24.6. The molecule has 182 valence electrons. The Labute approximate surface area is 206 Å². The van der Waals surface area contributed by atoms with Crippen LogP contribution < -0.4 is 4.90 Å². The van der Waals surface area contributed by atoms with Gasteiger partial charge in [0.2, 0.25) is 0 Å². The van der Waals surface area contributed by atoms with Crippen LogP contribution in [0.15, 0.2) is 78.9 Å². The Morgan fingerprint density at radius 2 is 1.63 bits per heavy atom. The molecule has 0 spiro atoms. The smallest absolute Gasteiger partial charge is 0.340 e. The minimum absolute atomic E-state index is 0.0185. The minimum atomic E-state index is -0.365. The molecule has 3 aromatic rings. The van der Waals surface area contributed by atoms with Gasteiger partial charge >= 0.3 is 11.9 Å². The van der Waals surface area contributed by atoms with Crippen LogP contribution in [0, 0.1) is 0 Å². The number of carbonyl (C=O) groups excluding carboxylic acids is 2. The summed E-state index contributed by atoms with van der Waals surface area (Å²) in [6.45, 7) is 3.61. The summed E-state index contributed by atoms with van der Waals surface area (Å²) in [5.41, 5.74) is 3.87. The fraction of sp³-hybridized carbons (Fsp3) is 0.310. The van der Waals surface area contributed by atoms with Gasteiger partial charge in [0.25, 0.3) is 0 Å². The van der Waals surface area contributed by atoms with Gasteiger partial charge in [-0.05, 0) is 55.2 Å². The Morgan fingerprint density at radius 3 is 2.34 bits per heavy atom. The van der Waals surface area contributed by atoms with Crippen LogP contribution in [0.2, 0.25) is 0 Å². The summed E-state index contributed by atoms with van der Waals surface area (Å²) in [5.74, 6) is -0.716. The summed E-state index contributed by atoms with van der Waals surface area (Å²) in [6.07, 6.45) is 1.76.